The molecular weight excluding hydrogens is 459 g/mol. The molecule has 13 heteroatoms. The maximum absolute atomic E-state index is 14.2. The van der Waals surface area contributed by atoms with Crippen LogP contribution in [0.5, 0.6) is 0 Å². The van der Waals surface area contributed by atoms with Crippen LogP contribution in [0.15, 0.2) is 29.4 Å². The van der Waals surface area contributed by atoms with E-state index in [1.807, 2.05) is 0 Å². The van der Waals surface area contributed by atoms with E-state index in [1.165, 1.54) is 17.3 Å². The summed E-state index contributed by atoms with van der Waals surface area (Å²) in [5.74, 6) is -4.84. The van der Waals surface area contributed by atoms with Gasteiger partial charge < -0.3 is 10.2 Å². The molecule has 1 aliphatic heterocycles. The third-order valence-electron chi connectivity index (χ3n) is 5.23. The van der Waals surface area contributed by atoms with Crippen LogP contribution in [0.4, 0.5) is 32.4 Å². The van der Waals surface area contributed by atoms with Gasteiger partial charge in [0.05, 0.1) is 28.7 Å². The van der Waals surface area contributed by atoms with E-state index >= 15 is 0 Å². The lowest BCUT2D eigenvalue weighted by molar-refractivity contribution is -0.142. The lowest BCUT2D eigenvalue weighted by Gasteiger charge is -2.32. The quantitative estimate of drug-likeness (QED) is 0.675. The van der Waals surface area contributed by atoms with E-state index in [0.29, 0.717) is 18.5 Å². The molecule has 7 nitrogen and oxygen atoms in total. The molecule has 2 heterocycles. The Morgan fingerprint density at radius 2 is 1.88 bits per heavy atom. The third-order valence-corrected chi connectivity index (χ3v) is 7.23. The molecule has 1 aliphatic rings. The van der Waals surface area contributed by atoms with E-state index in [9.17, 15) is 35.2 Å². The number of sulfone groups is 1. The van der Waals surface area contributed by atoms with Gasteiger partial charge in [0.15, 0.2) is 9.84 Å². The Kier molecular flexibility index (Phi) is 6.67. The number of amides is 2. The molecule has 0 spiro atoms. The lowest BCUT2D eigenvalue weighted by atomic mass is 9.99. The molecule has 0 unspecified atom stereocenters. The van der Waals surface area contributed by atoms with Crippen LogP contribution in [0, 0.1) is 24.5 Å². The first kappa shape index (κ1) is 23.8. The first-order chi connectivity index (χ1) is 14.9. The zero-order valence-electron chi connectivity index (χ0n) is 16.8. The second-order valence-corrected chi connectivity index (χ2v) is 9.44. The van der Waals surface area contributed by atoms with E-state index in [1.54, 1.807) is 6.07 Å². The molecule has 0 aliphatic carbocycles. The number of rotatable bonds is 4. The molecule has 1 aromatic heterocycles. The molecule has 1 fully saturated rings. The van der Waals surface area contributed by atoms with E-state index in [4.69, 9.17) is 0 Å². The molecule has 0 radical (unpaired) electrons. The SMILES string of the molecule is Cc1c(S(=O)(=O)CC2CCN(C(=O)Nc3ccnnc3)CC2)cc(F)c(C(F)(F)F)c1F. The largest absolute Gasteiger partial charge is 0.422 e. The van der Waals surface area contributed by atoms with E-state index in [2.05, 4.69) is 15.5 Å². The van der Waals surface area contributed by atoms with Gasteiger partial charge in [0.2, 0.25) is 0 Å². The summed E-state index contributed by atoms with van der Waals surface area (Å²) >= 11 is 0. The Morgan fingerprint density at radius 3 is 2.44 bits per heavy atom. The fourth-order valence-corrected chi connectivity index (χ4v) is 5.52. The number of nitrogens with one attached hydrogen (secondary N) is 1. The molecule has 1 N–H and O–H groups in total. The summed E-state index contributed by atoms with van der Waals surface area (Å²) in [7, 11) is -4.27. The number of nitrogens with zero attached hydrogens (tertiary/aromatic N) is 3. The van der Waals surface area contributed by atoms with Crippen molar-refractivity contribution in [3.8, 4) is 0 Å². The third kappa shape index (κ3) is 5.14. The van der Waals surface area contributed by atoms with Crippen LogP contribution in [0.25, 0.3) is 0 Å². The van der Waals surface area contributed by atoms with Crippen LogP contribution >= 0.6 is 0 Å². The van der Waals surface area contributed by atoms with Gasteiger partial charge in [-0.3, -0.25) is 0 Å². The van der Waals surface area contributed by atoms with Crippen molar-refractivity contribution in [2.75, 3.05) is 24.2 Å². The minimum absolute atomic E-state index is 0.224. The van der Waals surface area contributed by atoms with Gasteiger partial charge in [-0.25, -0.2) is 22.0 Å². The zero-order valence-corrected chi connectivity index (χ0v) is 17.6. The van der Waals surface area contributed by atoms with Gasteiger partial charge in [-0.2, -0.15) is 23.4 Å². The normalized spacial score (nSPS) is 15.6. The Labute approximate surface area is 180 Å². The molecule has 3 rings (SSSR count). The van der Waals surface area contributed by atoms with Crippen LogP contribution < -0.4 is 5.32 Å². The van der Waals surface area contributed by atoms with E-state index in [0.717, 1.165) is 6.92 Å². The number of carbonyl (C=O) groups excluding carboxylic acids is 1. The number of urea groups is 1. The maximum Gasteiger partial charge on any atom is 0.422 e. The standard InChI is InChI=1S/C19H19F5N4O3S/c1-11-15(8-14(20)16(17(11)21)19(22,23)24)32(30,31)10-12-3-6-28(7-4-12)18(29)27-13-2-5-25-26-9-13/h2,5,8-9,12H,3-4,6-7,10H2,1H3,(H,25,27,29). The predicted octanol–water partition coefficient (Wildman–Crippen LogP) is 3.80. The number of likely N-dealkylation sites (tertiary alicyclic amines) is 1. The summed E-state index contributed by atoms with van der Waals surface area (Å²) in [6.07, 6.45) is -1.93. The number of piperidine rings is 1. The van der Waals surface area contributed by atoms with Crippen molar-refractivity contribution in [1.29, 1.82) is 0 Å². The van der Waals surface area contributed by atoms with Gasteiger partial charge in [-0.1, -0.05) is 0 Å². The summed E-state index contributed by atoms with van der Waals surface area (Å²) < 4.78 is 92.1. The average molecular weight is 478 g/mol. The fourth-order valence-electron chi connectivity index (χ4n) is 3.55. The highest BCUT2D eigenvalue weighted by molar-refractivity contribution is 7.91. The van der Waals surface area contributed by atoms with Gasteiger partial charge in [0.25, 0.3) is 0 Å². The Hall–Kier alpha value is -2.83. The number of aromatic nitrogens is 2. The number of carbonyl (C=O) groups is 1. The monoisotopic (exact) mass is 478 g/mol. The summed E-state index contributed by atoms with van der Waals surface area (Å²) in [4.78, 5) is 13.0. The molecule has 1 saturated heterocycles. The number of hydrogen-bond donors (Lipinski definition) is 1. The van der Waals surface area contributed by atoms with Gasteiger partial charge in [-0.15, -0.1) is 0 Å². The van der Waals surface area contributed by atoms with Crippen LogP contribution in [0.1, 0.15) is 24.0 Å². The molecule has 2 aromatic rings. The first-order valence-corrected chi connectivity index (χ1v) is 11.2. The van der Waals surface area contributed by atoms with Crippen LogP contribution in [0.2, 0.25) is 0 Å². The van der Waals surface area contributed by atoms with Crippen LogP contribution in [-0.4, -0.2) is 48.4 Å². The smallest absolute Gasteiger partial charge is 0.325 e. The summed E-state index contributed by atoms with van der Waals surface area (Å²) in [6, 6.07) is 1.37. The summed E-state index contributed by atoms with van der Waals surface area (Å²) in [5.41, 5.74) is -2.45. The van der Waals surface area contributed by atoms with Crippen LogP contribution in [0.3, 0.4) is 0 Å². The Balaban J connectivity index is 1.68. The average Bonchev–Trinajstić information content (AvgIpc) is 2.70. The second-order valence-electron chi connectivity index (χ2n) is 7.44. The molecular formula is C19H19F5N4O3S. The molecule has 1 aromatic carbocycles. The number of hydrogen-bond acceptors (Lipinski definition) is 5. The first-order valence-electron chi connectivity index (χ1n) is 9.51. The summed E-state index contributed by atoms with van der Waals surface area (Å²) in [6.45, 7) is 1.34. The van der Waals surface area contributed by atoms with E-state index < -0.39 is 61.4 Å². The molecule has 0 saturated carbocycles. The molecule has 32 heavy (non-hydrogen) atoms. The number of alkyl halides is 3. The van der Waals surface area contributed by atoms with Crippen molar-refractivity contribution in [3.05, 3.63) is 47.3 Å². The fraction of sp³-hybridized carbons (Fsp3) is 0.421. The van der Waals surface area contributed by atoms with Crippen molar-refractivity contribution >= 4 is 21.6 Å². The van der Waals surface area contributed by atoms with Crippen molar-refractivity contribution in [2.45, 2.75) is 30.8 Å². The van der Waals surface area contributed by atoms with Gasteiger partial charge in [0, 0.05) is 18.7 Å². The van der Waals surface area contributed by atoms with Crippen molar-refractivity contribution < 1.29 is 35.2 Å². The van der Waals surface area contributed by atoms with Crippen LogP contribution in [-0.2, 0) is 16.0 Å². The highest BCUT2D eigenvalue weighted by atomic mass is 32.2. The van der Waals surface area contributed by atoms with Crippen molar-refractivity contribution in [3.63, 3.8) is 0 Å². The van der Waals surface area contributed by atoms with Gasteiger partial charge in [0.1, 0.15) is 17.2 Å². The topological polar surface area (TPSA) is 92.3 Å². The highest BCUT2D eigenvalue weighted by Crippen LogP contribution is 2.37. The Bertz CT molecular complexity index is 1100. The lowest BCUT2D eigenvalue weighted by Crippen LogP contribution is -2.42. The minimum atomic E-state index is -5.29. The maximum atomic E-state index is 14.2. The number of anilines is 1. The molecule has 0 atom stereocenters. The summed E-state index contributed by atoms with van der Waals surface area (Å²) in [5, 5.41) is 9.86. The predicted molar refractivity (Wildman–Crippen MR) is 103 cm³/mol. The Morgan fingerprint density at radius 1 is 1.22 bits per heavy atom. The van der Waals surface area contributed by atoms with Gasteiger partial charge >= 0.3 is 12.2 Å². The van der Waals surface area contributed by atoms with Gasteiger partial charge in [-0.05, 0) is 37.8 Å². The second kappa shape index (κ2) is 8.96. The molecule has 0 bridgehead atoms. The molecule has 174 valence electrons. The van der Waals surface area contributed by atoms with E-state index in [-0.39, 0.29) is 19.2 Å². The molecule has 2 amide bonds. The van der Waals surface area contributed by atoms with Crippen molar-refractivity contribution in [2.24, 2.45) is 5.92 Å². The highest BCUT2D eigenvalue weighted by Gasteiger charge is 2.40. The minimum Gasteiger partial charge on any atom is -0.325 e. The zero-order chi connectivity index (χ0) is 23.7. The number of halogens is 5. The van der Waals surface area contributed by atoms with Crippen molar-refractivity contribution in [1.82, 2.24) is 15.1 Å². The number of benzene rings is 1.